The second kappa shape index (κ2) is 9.47. The number of nitrogens with one attached hydrogen (secondary N) is 2. The van der Waals surface area contributed by atoms with Crippen molar-refractivity contribution in [2.75, 3.05) is 18.4 Å². The van der Waals surface area contributed by atoms with Crippen molar-refractivity contribution in [3.05, 3.63) is 65.7 Å². The fourth-order valence-electron chi connectivity index (χ4n) is 2.40. The van der Waals surface area contributed by atoms with E-state index in [4.69, 9.17) is 5.73 Å². The van der Waals surface area contributed by atoms with Crippen LogP contribution in [-0.4, -0.2) is 24.9 Å². The minimum Gasteiger partial charge on any atom is -0.346 e. The van der Waals surface area contributed by atoms with Crippen LogP contribution in [0.15, 0.2) is 54.6 Å². The molecule has 0 aliphatic heterocycles. The number of amides is 2. The second-order valence-corrected chi connectivity index (χ2v) is 5.57. The predicted octanol–water partition coefficient (Wildman–Crippen LogP) is 1.88. The number of hydrogen-bond donors (Lipinski definition) is 3. The van der Waals surface area contributed by atoms with Gasteiger partial charge >= 0.3 is 0 Å². The van der Waals surface area contributed by atoms with Crippen molar-refractivity contribution in [2.45, 2.75) is 19.3 Å². The van der Waals surface area contributed by atoms with Crippen LogP contribution in [0.3, 0.4) is 0 Å². The molecule has 24 heavy (non-hydrogen) atoms. The number of carbonyl (C=O) groups is 2. The molecule has 0 saturated carbocycles. The molecule has 0 heterocycles. The Kier molecular flexibility index (Phi) is 6.98. The molecule has 0 aliphatic carbocycles. The molecule has 0 radical (unpaired) electrons. The van der Waals surface area contributed by atoms with Crippen LogP contribution in [0.25, 0.3) is 0 Å². The van der Waals surface area contributed by atoms with Gasteiger partial charge in [-0.3, -0.25) is 9.59 Å². The molecule has 5 nitrogen and oxygen atoms in total. The minimum atomic E-state index is -0.347. The molecular weight excluding hydrogens is 302 g/mol. The monoisotopic (exact) mass is 325 g/mol. The zero-order valence-electron chi connectivity index (χ0n) is 13.6. The first-order valence-electron chi connectivity index (χ1n) is 8.07. The molecule has 2 rings (SSSR count). The highest BCUT2D eigenvalue weighted by molar-refractivity contribution is 5.94. The third kappa shape index (κ3) is 6.22. The molecule has 0 spiro atoms. The van der Waals surface area contributed by atoms with Gasteiger partial charge in [0.2, 0.25) is 11.8 Å². The SMILES string of the molecule is NCC(=O)NCC(=O)Nc1cccc(CCCc2ccccc2)c1. The first-order chi connectivity index (χ1) is 11.7. The maximum atomic E-state index is 11.8. The quantitative estimate of drug-likeness (QED) is 0.693. The van der Waals surface area contributed by atoms with Crippen LogP contribution in [0.1, 0.15) is 17.5 Å². The predicted molar refractivity (Wildman–Crippen MR) is 95.6 cm³/mol. The van der Waals surface area contributed by atoms with Crippen molar-refractivity contribution in [3.63, 3.8) is 0 Å². The van der Waals surface area contributed by atoms with Gasteiger partial charge in [-0.15, -0.1) is 0 Å². The topological polar surface area (TPSA) is 84.2 Å². The normalized spacial score (nSPS) is 10.2. The molecule has 0 fully saturated rings. The van der Waals surface area contributed by atoms with Gasteiger partial charge in [-0.05, 0) is 42.5 Å². The van der Waals surface area contributed by atoms with Crippen molar-refractivity contribution in [2.24, 2.45) is 5.73 Å². The fourth-order valence-corrected chi connectivity index (χ4v) is 2.40. The van der Waals surface area contributed by atoms with Crippen LogP contribution in [0.2, 0.25) is 0 Å². The summed E-state index contributed by atoms with van der Waals surface area (Å²) >= 11 is 0. The van der Waals surface area contributed by atoms with Crippen LogP contribution in [0.5, 0.6) is 0 Å². The Morgan fingerprint density at radius 1 is 0.875 bits per heavy atom. The smallest absolute Gasteiger partial charge is 0.243 e. The van der Waals surface area contributed by atoms with Gasteiger partial charge in [0.15, 0.2) is 0 Å². The van der Waals surface area contributed by atoms with Crippen LogP contribution < -0.4 is 16.4 Å². The molecule has 4 N–H and O–H groups in total. The van der Waals surface area contributed by atoms with Crippen molar-refractivity contribution < 1.29 is 9.59 Å². The van der Waals surface area contributed by atoms with E-state index in [0.717, 1.165) is 24.9 Å². The lowest BCUT2D eigenvalue weighted by Gasteiger charge is -2.08. The summed E-state index contributed by atoms with van der Waals surface area (Å²) < 4.78 is 0. The molecule has 5 heteroatoms. The summed E-state index contributed by atoms with van der Waals surface area (Å²) in [7, 11) is 0. The molecule has 2 amide bonds. The molecule has 0 aromatic heterocycles. The van der Waals surface area contributed by atoms with E-state index in [-0.39, 0.29) is 24.9 Å². The maximum absolute atomic E-state index is 11.8. The summed E-state index contributed by atoms with van der Waals surface area (Å²) in [6.45, 7) is -0.196. The Balaban J connectivity index is 1.80. The van der Waals surface area contributed by atoms with E-state index in [9.17, 15) is 9.59 Å². The third-order valence-electron chi connectivity index (χ3n) is 3.62. The summed E-state index contributed by atoms with van der Waals surface area (Å²) in [6, 6.07) is 18.2. The van der Waals surface area contributed by atoms with E-state index in [1.165, 1.54) is 11.1 Å². The number of benzene rings is 2. The van der Waals surface area contributed by atoms with Gasteiger partial charge in [-0.2, -0.15) is 0 Å². The van der Waals surface area contributed by atoms with Crippen molar-refractivity contribution in [1.29, 1.82) is 0 Å². The molecule has 0 atom stereocenters. The number of anilines is 1. The molecule has 126 valence electrons. The third-order valence-corrected chi connectivity index (χ3v) is 3.62. The van der Waals surface area contributed by atoms with Crippen LogP contribution in [0.4, 0.5) is 5.69 Å². The van der Waals surface area contributed by atoms with Gasteiger partial charge in [0.1, 0.15) is 0 Å². The fraction of sp³-hybridized carbons (Fsp3) is 0.263. The molecule has 0 bridgehead atoms. The summed E-state index contributed by atoms with van der Waals surface area (Å²) in [4.78, 5) is 22.8. The summed E-state index contributed by atoms with van der Waals surface area (Å²) in [5, 5.41) is 5.22. The highest BCUT2D eigenvalue weighted by Gasteiger charge is 2.05. The number of hydrogen-bond acceptors (Lipinski definition) is 3. The first-order valence-corrected chi connectivity index (χ1v) is 8.07. The van der Waals surface area contributed by atoms with Gasteiger partial charge in [0, 0.05) is 5.69 Å². The zero-order valence-corrected chi connectivity index (χ0v) is 13.6. The first kappa shape index (κ1) is 17.7. The number of rotatable bonds is 8. The standard InChI is InChI=1S/C19H23N3O2/c20-13-18(23)21-14-19(24)22-17-11-5-10-16(12-17)9-4-8-15-6-2-1-3-7-15/h1-3,5-7,10-12H,4,8-9,13-14,20H2,(H,21,23)(H,22,24). The van der Waals surface area contributed by atoms with Crippen molar-refractivity contribution in [1.82, 2.24) is 5.32 Å². The van der Waals surface area contributed by atoms with E-state index in [2.05, 4.69) is 41.0 Å². The molecule has 0 aliphatic rings. The zero-order chi connectivity index (χ0) is 17.2. The Labute approximate surface area is 142 Å². The molecule has 2 aromatic carbocycles. The van der Waals surface area contributed by atoms with E-state index in [1.807, 2.05) is 24.3 Å². The summed E-state index contributed by atoms with van der Waals surface area (Å²) in [5.74, 6) is -0.613. The lowest BCUT2D eigenvalue weighted by molar-refractivity contribution is -0.123. The van der Waals surface area contributed by atoms with E-state index >= 15 is 0 Å². The molecule has 0 unspecified atom stereocenters. The van der Waals surface area contributed by atoms with Crippen LogP contribution >= 0.6 is 0 Å². The van der Waals surface area contributed by atoms with Gasteiger partial charge in [0.25, 0.3) is 0 Å². The van der Waals surface area contributed by atoms with Crippen LogP contribution in [-0.2, 0) is 22.4 Å². The second-order valence-electron chi connectivity index (χ2n) is 5.57. The molecular formula is C19H23N3O2. The minimum absolute atomic E-state index is 0.0751. The Bertz CT molecular complexity index is 671. The highest BCUT2D eigenvalue weighted by atomic mass is 16.2. The van der Waals surface area contributed by atoms with Crippen molar-refractivity contribution in [3.8, 4) is 0 Å². The Morgan fingerprint density at radius 2 is 1.58 bits per heavy atom. The summed E-state index contributed by atoms with van der Waals surface area (Å²) in [5.41, 5.74) is 8.42. The van der Waals surface area contributed by atoms with Gasteiger partial charge < -0.3 is 16.4 Å². The number of aryl methyl sites for hydroxylation is 2. The van der Waals surface area contributed by atoms with Crippen molar-refractivity contribution >= 4 is 17.5 Å². The van der Waals surface area contributed by atoms with E-state index < -0.39 is 0 Å². The maximum Gasteiger partial charge on any atom is 0.243 e. The van der Waals surface area contributed by atoms with Crippen LogP contribution in [0, 0.1) is 0 Å². The molecule has 0 saturated heterocycles. The van der Waals surface area contributed by atoms with Gasteiger partial charge in [0.05, 0.1) is 13.1 Å². The summed E-state index contributed by atoms with van der Waals surface area (Å²) in [6.07, 6.45) is 3.03. The Hall–Kier alpha value is -2.66. The largest absolute Gasteiger partial charge is 0.346 e. The van der Waals surface area contributed by atoms with Gasteiger partial charge in [-0.25, -0.2) is 0 Å². The van der Waals surface area contributed by atoms with Gasteiger partial charge in [-0.1, -0.05) is 42.5 Å². The average Bonchev–Trinajstić information content (AvgIpc) is 2.61. The number of carbonyl (C=O) groups excluding carboxylic acids is 2. The number of nitrogens with two attached hydrogens (primary N) is 1. The average molecular weight is 325 g/mol. The van der Waals surface area contributed by atoms with E-state index in [1.54, 1.807) is 0 Å². The molecule has 2 aromatic rings. The highest BCUT2D eigenvalue weighted by Crippen LogP contribution is 2.13. The lowest BCUT2D eigenvalue weighted by atomic mass is 10.0. The lowest BCUT2D eigenvalue weighted by Crippen LogP contribution is -2.36. The Morgan fingerprint density at radius 3 is 2.33 bits per heavy atom. The van der Waals surface area contributed by atoms with E-state index in [0.29, 0.717) is 0 Å².